The molecular formula is C11H22N2O2. The second kappa shape index (κ2) is 4.94. The van der Waals surface area contributed by atoms with Crippen molar-refractivity contribution in [1.82, 2.24) is 5.32 Å². The minimum Gasteiger partial charge on any atom is -0.480 e. The Hall–Kier alpha value is -0.610. The largest absolute Gasteiger partial charge is 0.480 e. The van der Waals surface area contributed by atoms with E-state index in [4.69, 9.17) is 10.8 Å². The van der Waals surface area contributed by atoms with Crippen LogP contribution in [0.15, 0.2) is 0 Å². The van der Waals surface area contributed by atoms with Crippen LogP contribution in [0.1, 0.15) is 33.1 Å². The molecule has 0 aliphatic heterocycles. The Balaban J connectivity index is 2.21. The molecule has 1 rings (SSSR count). The van der Waals surface area contributed by atoms with Gasteiger partial charge in [0.25, 0.3) is 0 Å². The van der Waals surface area contributed by atoms with Gasteiger partial charge in [0.05, 0.1) is 0 Å². The number of carboxylic acids is 1. The number of nitrogens with two attached hydrogens (primary N) is 1. The molecule has 0 saturated heterocycles. The fourth-order valence-corrected chi connectivity index (χ4v) is 1.97. The molecule has 4 N–H and O–H groups in total. The Labute approximate surface area is 91.2 Å². The second-order valence-electron chi connectivity index (χ2n) is 5.19. The van der Waals surface area contributed by atoms with E-state index in [2.05, 4.69) is 19.2 Å². The molecule has 4 nitrogen and oxygen atoms in total. The first-order chi connectivity index (χ1) is 6.93. The molecule has 0 aromatic rings. The average molecular weight is 214 g/mol. The van der Waals surface area contributed by atoms with Gasteiger partial charge in [-0.1, -0.05) is 20.3 Å². The van der Waals surface area contributed by atoms with E-state index >= 15 is 0 Å². The van der Waals surface area contributed by atoms with Gasteiger partial charge in [0.15, 0.2) is 0 Å². The predicted molar refractivity (Wildman–Crippen MR) is 59.6 cm³/mol. The first-order valence-electron chi connectivity index (χ1n) is 5.62. The van der Waals surface area contributed by atoms with Crippen LogP contribution in [0.3, 0.4) is 0 Å². The molecule has 1 aliphatic rings. The zero-order valence-corrected chi connectivity index (χ0v) is 9.62. The van der Waals surface area contributed by atoms with Crippen molar-refractivity contribution in [2.45, 2.75) is 39.2 Å². The molecule has 4 heteroatoms. The van der Waals surface area contributed by atoms with Crippen LogP contribution in [-0.4, -0.2) is 30.2 Å². The molecule has 0 amide bonds. The maximum absolute atomic E-state index is 10.5. The van der Waals surface area contributed by atoms with E-state index < -0.39 is 12.0 Å². The average Bonchev–Trinajstić information content (AvgIpc) is 1.98. The molecule has 1 aliphatic carbocycles. The van der Waals surface area contributed by atoms with Gasteiger partial charge in [0.1, 0.15) is 6.04 Å². The van der Waals surface area contributed by atoms with E-state index in [0.717, 1.165) is 12.5 Å². The molecule has 1 fully saturated rings. The summed E-state index contributed by atoms with van der Waals surface area (Å²) in [5, 5.41) is 11.8. The van der Waals surface area contributed by atoms with Gasteiger partial charge in [-0.2, -0.15) is 0 Å². The van der Waals surface area contributed by atoms with Gasteiger partial charge >= 0.3 is 5.97 Å². The SMILES string of the molecule is CC(C)(CNCC(N)C(=O)O)C1CCC1. The highest BCUT2D eigenvalue weighted by molar-refractivity contribution is 5.73. The third-order valence-corrected chi connectivity index (χ3v) is 3.47. The molecular weight excluding hydrogens is 192 g/mol. The van der Waals surface area contributed by atoms with Gasteiger partial charge in [0.2, 0.25) is 0 Å². The molecule has 0 aromatic carbocycles. The van der Waals surface area contributed by atoms with Gasteiger partial charge in [0, 0.05) is 13.1 Å². The minimum absolute atomic E-state index is 0.260. The van der Waals surface area contributed by atoms with Gasteiger partial charge in [-0.15, -0.1) is 0 Å². The lowest BCUT2D eigenvalue weighted by molar-refractivity contribution is -0.138. The smallest absolute Gasteiger partial charge is 0.321 e. The molecule has 88 valence electrons. The number of carboxylic acid groups (broad SMARTS) is 1. The molecule has 1 saturated carbocycles. The third-order valence-electron chi connectivity index (χ3n) is 3.47. The summed E-state index contributed by atoms with van der Waals surface area (Å²) in [4.78, 5) is 10.5. The molecule has 1 atom stereocenters. The summed E-state index contributed by atoms with van der Waals surface area (Å²) in [6.07, 6.45) is 3.95. The number of hydrogen-bond donors (Lipinski definition) is 3. The molecule has 0 radical (unpaired) electrons. The highest BCUT2D eigenvalue weighted by Gasteiger charge is 2.33. The summed E-state index contributed by atoms with van der Waals surface area (Å²) in [5.74, 6) is -0.157. The van der Waals surface area contributed by atoms with Crippen molar-refractivity contribution < 1.29 is 9.90 Å². The van der Waals surface area contributed by atoms with Crippen molar-refractivity contribution in [2.75, 3.05) is 13.1 Å². The van der Waals surface area contributed by atoms with Crippen LogP contribution in [-0.2, 0) is 4.79 Å². The van der Waals surface area contributed by atoms with Crippen molar-refractivity contribution in [1.29, 1.82) is 0 Å². The monoisotopic (exact) mass is 214 g/mol. The van der Waals surface area contributed by atoms with E-state index in [1.165, 1.54) is 19.3 Å². The van der Waals surface area contributed by atoms with Crippen LogP contribution >= 0.6 is 0 Å². The number of aliphatic carboxylic acids is 1. The van der Waals surface area contributed by atoms with Crippen LogP contribution in [0.2, 0.25) is 0 Å². The molecule has 0 spiro atoms. The van der Waals surface area contributed by atoms with Crippen molar-refractivity contribution >= 4 is 5.97 Å². The van der Waals surface area contributed by atoms with E-state index in [1.54, 1.807) is 0 Å². The molecule has 0 heterocycles. The third kappa shape index (κ3) is 3.47. The lowest BCUT2D eigenvalue weighted by Gasteiger charge is -2.40. The fourth-order valence-electron chi connectivity index (χ4n) is 1.97. The van der Waals surface area contributed by atoms with Gasteiger partial charge in [-0.3, -0.25) is 4.79 Å². The van der Waals surface area contributed by atoms with E-state index in [-0.39, 0.29) is 5.41 Å². The maximum atomic E-state index is 10.5. The quantitative estimate of drug-likeness (QED) is 0.611. The highest BCUT2D eigenvalue weighted by Crippen LogP contribution is 2.41. The Kier molecular flexibility index (Phi) is 4.11. The standard InChI is InChI=1S/C11H22N2O2/c1-11(2,8-4-3-5-8)7-13-6-9(12)10(14)15/h8-9,13H,3-7,12H2,1-2H3,(H,14,15). The topological polar surface area (TPSA) is 75.3 Å². The first-order valence-corrected chi connectivity index (χ1v) is 5.62. The number of hydrogen-bond acceptors (Lipinski definition) is 3. The van der Waals surface area contributed by atoms with Gasteiger partial charge in [-0.05, 0) is 24.2 Å². The van der Waals surface area contributed by atoms with Crippen LogP contribution in [0.25, 0.3) is 0 Å². The van der Waals surface area contributed by atoms with Crippen LogP contribution in [0.5, 0.6) is 0 Å². The lowest BCUT2D eigenvalue weighted by atomic mass is 9.67. The summed E-state index contributed by atoms with van der Waals surface area (Å²) >= 11 is 0. The van der Waals surface area contributed by atoms with E-state index in [0.29, 0.717) is 6.54 Å². The molecule has 15 heavy (non-hydrogen) atoms. The first kappa shape index (κ1) is 12.5. The maximum Gasteiger partial charge on any atom is 0.321 e. The summed E-state index contributed by atoms with van der Waals surface area (Å²) in [7, 11) is 0. The van der Waals surface area contributed by atoms with Gasteiger partial charge in [-0.25, -0.2) is 0 Å². The minimum atomic E-state index is -0.941. The Bertz CT molecular complexity index is 225. The second-order valence-corrected chi connectivity index (χ2v) is 5.19. The van der Waals surface area contributed by atoms with Crippen molar-refractivity contribution in [3.8, 4) is 0 Å². The summed E-state index contributed by atoms with van der Waals surface area (Å²) < 4.78 is 0. The van der Waals surface area contributed by atoms with Crippen molar-refractivity contribution in [3.63, 3.8) is 0 Å². The zero-order valence-electron chi connectivity index (χ0n) is 9.62. The normalized spacial score (nSPS) is 19.7. The van der Waals surface area contributed by atoms with Crippen molar-refractivity contribution in [3.05, 3.63) is 0 Å². The predicted octanol–water partition coefficient (Wildman–Crippen LogP) is 0.814. The summed E-state index contributed by atoms with van der Waals surface area (Å²) in [6, 6.07) is -0.790. The Morgan fingerprint density at radius 2 is 2.20 bits per heavy atom. The number of nitrogens with one attached hydrogen (secondary N) is 1. The molecule has 0 aromatic heterocycles. The number of rotatable bonds is 6. The van der Waals surface area contributed by atoms with Crippen molar-refractivity contribution in [2.24, 2.45) is 17.1 Å². The van der Waals surface area contributed by atoms with E-state index in [9.17, 15) is 4.79 Å². The summed E-state index contributed by atoms with van der Waals surface area (Å²) in [6.45, 7) is 5.66. The Morgan fingerprint density at radius 3 is 2.60 bits per heavy atom. The zero-order chi connectivity index (χ0) is 11.5. The highest BCUT2D eigenvalue weighted by atomic mass is 16.4. The molecule has 1 unspecified atom stereocenters. The molecule has 0 bridgehead atoms. The van der Waals surface area contributed by atoms with E-state index in [1.807, 2.05) is 0 Å². The van der Waals surface area contributed by atoms with Crippen LogP contribution in [0, 0.1) is 11.3 Å². The lowest BCUT2D eigenvalue weighted by Crippen LogP contribution is -2.45. The fraction of sp³-hybridized carbons (Fsp3) is 0.909. The summed E-state index contributed by atoms with van der Waals surface area (Å²) in [5.41, 5.74) is 5.67. The Morgan fingerprint density at radius 1 is 1.60 bits per heavy atom. The van der Waals surface area contributed by atoms with Crippen LogP contribution in [0.4, 0.5) is 0 Å². The van der Waals surface area contributed by atoms with Crippen LogP contribution < -0.4 is 11.1 Å². The number of carbonyl (C=O) groups is 1. The van der Waals surface area contributed by atoms with Gasteiger partial charge < -0.3 is 16.2 Å².